The van der Waals surface area contributed by atoms with E-state index in [0.29, 0.717) is 6.79 Å². The van der Waals surface area contributed by atoms with Crippen LogP contribution in [0.2, 0.25) is 0 Å². The molecular weight excluding hydrogens is 358 g/mol. The minimum absolute atomic E-state index is 0.353. The molecule has 3 aliphatic heterocycles. The van der Waals surface area contributed by atoms with E-state index in [1.54, 1.807) is 11.3 Å². The van der Waals surface area contributed by atoms with Crippen molar-refractivity contribution in [3.63, 3.8) is 0 Å². The summed E-state index contributed by atoms with van der Waals surface area (Å²) in [5.74, 6) is 3.57. The van der Waals surface area contributed by atoms with E-state index >= 15 is 0 Å². The lowest BCUT2D eigenvalue weighted by atomic mass is 9.79. The third kappa shape index (κ3) is 3.78. The Labute approximate surface area is 164 Å². The third-order valence-electron chi connectivity index (χ3n) is 6.37. The number of thiazole rings is 1. The Morgan fingerprint density at radius 2 is 1.70 bits per heavy atom. The van der Waals surface area contributed by atoms with Crippen molar-refractivity contribution in [2.75, 3.05) is 37.9 Å². The second-order valence-electron chi connectivity index (χ2n) is 7.94. The van der Waals surface area contributed by atoms with Gasteiger partial charge in [-0.15, -0.1) is 11.3 Å². The minimum Gasteiger partial charge on any atom is -0.454 e. The van der Waals surface area contributed by atoms with Gasteiger partial charge in [0.2, 0.25) is 6.79 Å². The molecule has 0 bridgehead atoms. The summed E-state index contributed by atoms with van der Waals surface area (Å²) in [4.78, 5) is 9.53. The summed E-state index contributed by atoms with van der Waals surface area (Å²) < 4.78 is 10.9. The predicted molar refractivity (Wildman–Crippen MR) is 108 cm³/mol. The molecule has 1 aromatic carbocycles. The zero-order valence-corrected chi connectivity index (χ0v) is 16.5. The molecule has 0 spiro atoms. The Kier molecular flexibility index (Phi) is 4.93. The smallest absolute Gasteiger partial charge is 0.231 e. The van der Waals surface area contributed by atoms with E-state index in [2.05, 4.69) is 32.3 Å². The van der Waals surface area contributed by atoms with Crippen molar-refractivity contribution in [2.45, 2.75) is 32.2 Å². The van der Waals surface area contributed by atoms with Crippen LogP contribution in [0.4, 0.5) is 5.13 Å². The largest absolute Gasteiger partial charge is 0.454 e. The van der Waals surface area contributed by atoms with Crippen LogP contribution in [-0.2, 0) is 6.54 Å². The number of aromatic nitrogens is 1. The number of rotatable bonds is 4. The van der Waals surface area contributed by atoms with Crippen LogP contribution >= 0.6 is 11.3 Å². The lowest BCUT2D eigenvalue weighted by Crippen LogP contribution is -2.40. The zero-order valence-electron chi connectivity index (χ0n) is 15.7. The minimum atomic E-state index is 0.353. The van der Waals surface area contributed by atoms with Gasteiger partial charge in [0.15, 0.2) is 16.6 Å². The SMILES string of the molecule is c1csc(N2CCC(C3CCN(Cc4ccc5c(c4)OCO5)CC3)CC2)n1. The van der Waals surface area contributed by atoms with Crippen molar-refractivity contribution in [2.24, 2.45) is 11.8 Å². The van der Waals surface area contributed by atoms with Gasteiger partial charge < -0.3 is 14.4 Å². The van der Waals surface area contributed by atoms with Crippen LogP contribution in [0.5, 0.6) is 11.5 Å². The average Bonchev–Trinajstić information content (AvgIpc) is 3.40. The first kappa shape index (κ1) is 17.3. The molecule has 1 aromatic heterocycles. The number of ether oxygens (including phenoxy) is 2. The first-order valence-corrected chi connectivity index (χ1v) is 11.0. The van der Waals surface area contributed by atoms with Gasteiger partial charge in [0.25, 0.3) is 0 Å². The molecule has 4 heterocycles. The maximum atomic E-state index is 5.51. The molecule has 0 saturated carbocycles. The molecule has 5 rings (SSSR count). The predicted octanol–water partition coefficient (Wildman–Crippen LogP) is 4.00. The monoisotopic (exact) mass is 385 g/mol. The number of hydrogen-bond donors (Lipinski definition) is 0. The number of hydrogen-bond acceptors (Lipinski definition) is 6. The summed E-state index contributed by atoms with van der Waals surface area (Å²) >= 11 is 1.77. The normalized spacial score (nSPS) is 21.7. The van der Waals surface area contributed by atoms with Crippen molar-refractivity contribution in [3.05, 3.63) is 35.3 Å². The molecule has 6 heteroatoms. The van der Waals surface area contributed by atoms with Crippen molar-refractivity contribution in [1.82, 2.24) is 9.88 Å². The lowest BCUT2D eigenvalue weighted by molar-refractivity contribution is 0.129. The van der Waals surface area contributed by atoms with Crippen molar-refractivity contribution < 1.29 is 9.47 Å². The molecule has 0 amide bonds. The van der Waals surface area contributed by atoms with Gasteiger partial charge in [0, 0.05) is 31.2 Å². The number of likely N-dealkylation sites (tertiary alicyclic amines) is 1. The first-order valence-electron chi connectivity index (χ1n) is 10.1. The average molecular weight is 386 g/mol. The van der Waals surface area contributed by atoms with E-state index in [-0.39, 0.29) is 0 Å². The summed E-state index contributed by atoms with van der Waals surface area (Å²) in [6, 6.07) is 6.36. The highest BCUT2D eigenvalue weighted by molar-refractivity contribution is 7.13. The number of piperidine rings is 2. The molecule has 2 saturated heterocycles. The zero-order chi connectivity index (χ0) is 18.1. The molecule has 3 aliphatic rings. The fraction of sp³-hybridized carbons (Fsp3) is 0.571. The highest BCUT2D eigenvalue weighted by atomic mass is 32.1. The first-order chi connectivity index (χ1) is 13.3. The maximum Gasteiger partial charge on any atom is 0.231 e. The third-order valence-corrected chi connectivity index (χ3v) is 7.20. The Bertz CT molecular complexity index is 751. The fourth-order valence-electron chi connectivity index (χ4n) is 4.81. The Balaban J connectivity index is 1.10. The molecule has 0 aliphatic carbocycles. The van der Waals surface area contributed by atoms with Crippen LogP contribution in [0.3, 0.4) is 0 Å². The van der Waals surface area contributed by atoms with E-state index in [0.717, 1.165) is 29.9 Å². The lowest BCUT2D eigenvalue weighted by Gasteiger charge is -2.40. The summed E-state index contributed by atoms with van der Waals surface area (Å²) in [6.45, 7) is 6.15. The van der Waals surface area contributed by atoms with Gasteiger partial charge in [-0.2, -0.15) is 0 Å². The van der Waals surface area contributed by atoms with Crippen molar-refractivity contribution in [3.8, 4) is 11.5 Å². The second kappa shape index (κ2) is 7.68. The molecule has 27 heavy (non-hydrogen) atoms. The van der Waals surface area contributed by atoms with Gasteiger partial charge in [-0.3, -0.25) is 4.90 Å². The number of benzene rings is 1. The van der Waals surface area contributed by atoms with Gasteiger partial charge in [-0.25, -0.2) is 4.98 Å². The standard InChI is InChI=1S/C21H27N3O2S/c1-2-19-20(26-15-25-19)13-16(1)14-23-8-3-17(4-9-23)18-5-10-24(11-6-18)21-22-7-12-27-21/h1-2,7,12-13,17-18H,3-6,8-11,14-15H2. The molecule has 0 unspecified atom stereocenters. The molecule has 5 nitrogen and oxygen atoms in total. The van der Waals surface area contributed by atoms with E-state index in [4.69, 9.17) is 9.47 Å². The Hall–Kier alpha value is -1.79. The van der Waals surface area contributed by atoms with Crippen LogP contribution < -0.4 is 14.4 Å². The van der Waals surface area contributed by atoms with Crippen LogP contribution in [0.25, 0.3) is 0 Å². The van der Waals surface area contributed by atoms with Crippen molar-refractivity contribution in [1.29, 1.82) is 0 Å². The highest BCUT2D eigenvalue weighted by Crippen LogP contribution is 2.36. The number of nitrogens with zero attached hydrogens (tertiary/aromatic N) is 3. The van der Waals surface area contributed by atoms with Gasteiger partial charge in [-0.05, 0) is 68.3 Å². The van der Waals surface area contributed by atoms with E-state index < -0.39 is 0 Å². The van der Waals surface area contributed by atoms with Gasteiger partial charge in [0.05, 0.1) is 0 Å². The summed E-state index contributed by atoms with van der Waals surface area (Å²) in [5, 5.41) is 3.28. The summed E-state index contributed by atoms with van der Waals surface area (Å²) in [7, 11) is 0. The Morgan fingerprint density at radius 3 is 2.44 bits per heavy atom. The maximum absolute atomic E-state index is 5.51. The highest BCUT2D eigenvalue weighted by Gasteiger charge is 2.30. The van der Waals surface area contributed by atoms with Crippen LogP contribution in [-0.4, -0.2) is 42.9 Å². The number of anilines is 1. The van der Waals surface area contributed by atoms with Gasteiger partial charge in [-0.1, -0.05) is 6.07 Å². The van der Waals surface area contributed by atoms with Gasteiger partial charge >= 0.3 is 0 Å². The molecule has 0 N–H and O–H groups in total. The Morgan fingerprint density at radius 1 is 0.963 bits per heavy atom. The molecule has 0 radical (unpaired) electrons. The van der Waals surface area contributed by atoms with E-state index in [1.165, 1.54) is 62.6 Å². The summed E-state index contributed by atoms with van der Waals surface area (Å²) in [6.07, 6.45) is 7.25. The molecule has 144 valence electrons. The van der Waals surface area contributed by atoms with Gasteiger partial charge in [0.1, 0.15) is 0 Å². The van der Waals surface area contributed by atoms with Crippen LogP contribution in [0, 0.1) is 11.8 Å². The molecule has 2 aromatic rings. The topological polar surface area (TPSA) is 37.8 Å². The fourth-order valence-corrected chi connectivity index (χ4v) is 5.51. The van der Waals surface area contributed by atoms with Crippen LogP contribution in [0.15, 0.2) is 29.8 Å². The number of fused-ring (bicyclic) bond motifs is 1. The van der Waals surface area contributed by atoms with E-state index in [1.807, 2.05) is 12.3 Å². The molecule has 2 fully saturated rings. The summed E-state index contributed by atoms with van der Waals surface area (Å²) in [5.41, 5.74) is 1.33. The second-order valence-corrected chi connectivity index (χ2v) is 8.81. The molecular formula is C21H27N3O2S. The molecule has 0 atom stereocenters. The van der Waals surface area contributed by atoms with Crippen LogP contribution in [0.1, 0.15) is 31.2 Å². The quantitative estimate of drug-likeness (QED) is 0.795. The van der Waals surface area contributed by atoms with Crippen molar-refractivity contribution >= 4 is 16.5 Å². The van der Waals surface area contributed by atoms with E-state index in [9.17, 15) is 0 Å².